The molecule has 1 rings (SSSR count). The maximum Gasteiger partial charge on any atom is 0.0831 e. The Morgan fingerprint density at radius 2 is 2.23 bits per heavy atom. The largest absolute Gasteiger partial charge is 0.379 e. The fourth-order valence-electron chi connectivity index (χ4n) is 1.13. The van der Waals surface area contributed by atoms with Gasteiger partial charge in [-0.2, -0.15) is 0 Å². The summed E-state index contributed by atoms with van der Waals surface area (Å²) in [7, 11) is 0. The summed E-state index contributed by atoms with van der Waals surface area (Å²) in [6, 6.07) is 0.105. The third-order valence-electron chi connectivity index (χ3n) is 2.51. The first-order chi connectivity index (χ1) is 6.00. The summed E-state index contributed by atoms with van der Waals surface area (Å²) in [6.07, 6.45) is 1.28. The van der Waals surface area contributed by atoms with E-state index in [0.29, 0.717) is 6.61 Å². The molecule has 13 heavy (non-hydrogen) atoms. The minimum atomic E-state index is 0.105. The summed E-state index contributed by atoms with van der Waals surface area (Å²) < 4.78 is 10.9. The number of rotatable bonds is 3. The molecular weight excluding hydrogens is 166 g/mol. The third-order valence-corrected chi connectivity index (χ3v) is 2.51. The lowest BCUT2D eigenvalue weighted by Crippen LogP contribution is -2.40. The van der Waals surface area contributed by atoms with Gasteiger partial charge < -0.3 is 15.2 Å². The van der Waals surface area contributed by atoms with Crippen molar-refractivity contribution < 1.29 is 9.47 Å². The zero-order valence-corrected chi connectivity index (χ0v) is 8.88. The van der Waals surface area contributed by atoms with Crippen LogP contribution in [0.25, 0.3) is 0 Å². The molecule has 0 aromatic carbocycles. The molecule has 1 fully saturated rings. The Morgan fingerprint density at radius 3 is 2.69 bits per heavy atom. The van der Waals surface area contributed by atoms with Crippen molar-refractivity contribution >= 4 is 0 Å². The molecule has 0 saturated carbocycles. The average molecular weight is 187 g/mol. The molecule has 0 amide bonds. The van der Waals surface area contributed by atoms with Gasteiger partial charge in [0.2, 0.25) is 0 Å². The van der Waals surface area contributed by atoms with Gasteiger partial charge in [0.25, 0.3) is 0 Å². The summed E-state index contributed by atoms with van der Waals surface area (Å²) in [6.45, 7) is 8.59. The quantitative estimate of drug-likeness (QED) is 0.721. The second-order valence-electron chi connectivity index (χ2n) is 4.79. The van der Waals surface area contributed by atoms with Crippen LogP contribution in [0.15, 0.2) is 0 Å². The van der Waals surface area contributed by atoms with E-state index in [4.69, 9.17) is 15.2 Å². The van der Waals surface area contributed by atoms with Gasteiger partial charge in [-0.05, 0) is 11.8 Å². The second-order valence-corrected chi connectivity index (χ2v) is 4.79. The zero-order valence-electron chi connectivity index (χ0n) is 8.88. The van der Waals surface area contributed by atoms with Gasteiger partial charge >= 0.3 is 0 Å². The Morgan fingerprint density at radius 1 is 1.54 bits per heavy atom. The molecule has 1 aliphatic heterocycles. The van der Waals surface area contributed by atoms with Gasteiger partial charge in [-0.25, -0.2) is 0 Å². The van der Waals surface area contributed by atoms with Crippen molar-refractivity contribution in [3.05, 3.63) is 0 Å². The minimum Gasteiger partial charge on any atom is -0.379 e. The molecule has 1 saturated heterocycles. The van der Waals surface area contributed by atoms with E-state index >= 15 is 0 Å². The van der Waals surface area contributed by atoms with Crippen LogP contribution in [0.1, 0.15) is 27.2 Å². The Balaban J connectivity index is 2.17. The summed E-state index contributed by atoms with van der Waals surface area (Å²) in [5, 5.41) is 0. The van der Waals surface area contributed by atoms with Gasteiger partial charge in [0.15, 0.2) is 0 Å². The van der Waals surface area contributed by atoms with Gasteiger partial charge in [0.05, 0.1) is 19.3 Å². The zero-order chi connectivity index (χ0) is 9.90. The van der Waals surface area contributed by atoms with E-state index < -0.39 is 0 Å². The van der Waals surface area contributed by atoms with Crippen LogP contribution in [0.3, 0.4) is 0 Å². The van der Waals surface area contributed by atoms with Gasteiger partial charge in [-0.3, -0.25) is 0 Å². The van der Waals surface area contributed by atoms with Crippen LogP contribution in [0.4, 0.5) is 0 Å². The lowest BCUT2D eigenvalue weighted by Gasteiger charge is -2.27. The number of hydrogen-bond donors (Lipinski definition) is 1. The molecule has 0 bridgehead atoms. The van der Waals surface area contributed by atoms with Crippen LogP contribution in [0, 0.1) is 5.41 Å². The van der Waals surface area contributed by atoms with Crippen molar-refractivity contribution in [3.63, 3.8) is 0 Å². The van der Waals surface area contributed by atoms with Crippen LogP contribution in [0.5, 0.6) is 0 Å². The molecule has 1 aliphatic rings. The fourth-order valence-corrected chi connectivity index (χ4v) is 1.13. The smallest absolute Gasteiger partial charge is 0.0831 e. The summed E-state index contributed by atoms with van der Waals surface area (Å²) >= 11 is 0. The molecule has 0 aromatic heterocycles. The topological polar surface area (TPSA) is 44.5 Å². The molecule has 78 valence electrons. The minimum absolute atomic E-state index is 0.105. The first kappa shape index (κ1) is 11.0. The number of nitrogens with two attached hydrogens (primary N) is 1. The highest BCUT2D eigenvalue weighted by molar-refractivity contribution is 4.77. The second kappa shape index (κ2) is 4.40. The molecule has 0 aliphatic carbocycles. The Labute approximate surface area is 80.6 Å². The average Bonchev–Trinajstić information content (AvgIpc) is 2.50. The summed E-state index contributed by atoms with van der Waals surface area (Å²) in [4.78, 5) is 0. The van der Waals surface area contributed by atoms with Gasteiger partial charge in [-0.1, -0.05) is 20.8 Å². The first-order valence-corrected chi connectivity index (χ1v) is 4.95. The Bertz CT molecular complexity index is 147. The lowest BCUT2D eigenvalue weighted by atomic mass is 9.88. The molecular formula is C10H21NO2. The normalized spacial score (nSPS) is 26.3. The molecule has 2 unspecified atom stereocenters. The van der Waals surface area contributed by atoms with Crippen LogP contribution in [0.2, 0.25) is 0 Å². The third kappa shape index (κ3) is 3.63. The van der Waals surface area contributed by atoms with Gasteiger partial charge in [0.1, 0.15) is 0 Å². The van der Waals surface area contributed by atoms with E-state index in [0.717, 1.165) is 19.6 Å². The molecule has 1 heterocycles. The standard InChI is InChI=1S/C10H21NO2/c1-10(2,3)9(11)7-13-8-4-5-12-6-8/h8-9H,4-7,11H2,1-3H3. The van der Waals surface area contributed by atoms with Crippen molar-refractivity contribution in [2.75, 3.05) is 19.8 Å². The van der Waals surface area contributed by atoms with Crippen molar-refractivity contribution in [3.8, 4) is 0 Å². The van der Waals surface area contributed by atoms with E-state index in [1.54, 1.807) is 0 Å². The highest BCUT2D eigenvalue weighted by atomic mass is 16.5. The first-order valence-electron chi connectivity index (χ1n) is 4.95. The molecule has 0 radical (unpaired) electrons. The molecule has 0 spiro atoms. The van der Waals surface area contributed by atoms with Crippen molar-refractivity contribution in [2.45, 2.75) is 39.3 Å². The number of hydrogen-bond acceptors (Lipinski definition) is 3. The van der Waals surface area contributed by atoms with E-state index in [9.17, 15) is 0 Å². The van der Waals surface area contributed by atoms with Crippen LogP contribution in [-0.2, 0) is 9.47 Å². The maximum atomic E-state index is 5.96. The van der Waals surface area contributed by atoms with E-state index in [2.05, 4.69) is 20.8 Å². The van der Waals surface area contributed by atoms with Gasteiger partial charge in [-0.15, -0.1) is 0 Å². The molecule has 0 aromatic rings. The molecule has 2 atom stereocenters. The van der Waals surface area contributed by atoms with Crippen LogP contribution in [-0.4, -0.2) is 32.0 Å². The van der Waals surface area contributed by atoms with E-state index in [1.165, 1.54) is 0 Å². The Kier molecular flexibility index (Phi) is 3.71. The monoisotopic (exact) mass is 187 g/mol. The SMILES string of the molecule is CC(C)(C)C(N)COC1CCOC1. The van der Waals surface area contributed by atoms with Crippen molar-refractivity contribution in [1.82, 2.24) is 0 Å². The van der Waals surface area contributed by atoms with Gasteiger partial charge in [0, 0.05) is 12.6 Å². The maximum absolute atomic E-state index is 5.96. The Hall–Kier alpha value is -0.120. The fraction of sp³-hybridized carbons (Fsp3) is 1.00. The molecule has 3 nitrogen and oxygen atoms in total. The van der Waals surface area contributed by atoms with Crippen molar-refractivity contribution in [2.24, 2.45) is 11.1 Å². The summed E-state index contributed by atoms with van der Waals surface area (Å²) in [5.74, 6) is 0. The van der Waals surface area contributed by atoms with Crippen LogP contribution >= 0.6 is 0 Å². The predicted octanol–water partition coefficient (Wildman–Crippen LogP) is 1.17. The predicted molar refractivity (Wildman–Crippen MR) is 52.6 cm³/mol. The van der Waals surface area contributed by atoms with E-state index in [-0.39, 0.29) is 17.6 Å². The van der Waals surface area contributed by atoms with E-state index in [1.807, 2.05) is 0 Å². The summed E-state index contributed by atoms with van der Waals surface area (Å²) in [5.41, 5.74) is 6.09. The highest BCUT2D eigenvalue weighted by Gasteiger charge is 2.23. The highest BCUT2D eigenvalue weighted by Crippen LogP contribution is 2.18. The number of ether oxygens (including phenoxy) is 2. The van der Waals surface area contributed by atoms with Crippen molar-refractivity contribution in [1.29, 1.82) is 0 Å². The van der Waals surface area contributed by atoms with Crippen LogP contribution < -0.4 is 5.73 Å². The lowest BCUT2D eigenvalue weighted by molar-refractivity contribution is 0.0197. The molecule has 3 heteroatoms. The molecule has 2 N–H and O–H groups in total.